The number of anilines is 1. The van der Waals surface area contributed by atoms with Gasteiger partial charge in [-0.05, 0) is 28.1 Å². The third-order valence-corrected chi connectivity index (χ3v) is 3.73. The van der Waals surface area contributed by atoms with Crippen molar-refractivity contribution in [2.45, 2.75) is 6.42 Å². The van der Waals surface area contributed by atoms with E-state index in [1.165, 1.54) is 4.90 Å². The zero-order valence-electron chi connectivity index (χ0n) is 8.17. The van der Waals surface area contributed by atoms with Crippen molar-refractivity contribution >= 4 is 45.0 Å². The summed E-state index contributed by atoms with van der Waals surface area (Å²) in [6, 6.07) is 3.49. The monoisotopic (exact) mass is 302 g/mol. The van der Waals surface area contributed by atoms with Crippen molar-refractivity contribution in [3.63, 3.8) is 0 Å². The highest BCUT2D eigenvalue weighted by molar-refractivity contribution is 9.10. The Bertz CT molecular complexity index is 490. The molecular weight excluding hydrogens is 295 g/mol. The summed E-state index contributed by atoms with van der Waals surface area (Å²) in [7, 11) is 0. The van der Waals surface area contributed by atoms with Gasteiger partial charge in [0.05, 0.1) is 11.4 Å². The van der Waals surface area contributed by atoms with Gasteiger partial charge in [0, 0.05) is 15.7 Å². The fourth-order valence-electron chi connectivity index (χ4n) is 1.71. The minimum Gasteiger partial charge on any atom is -0.368 e. The molecule has 2 amide bonds. The van der Waals surface area contributed by atoms with Crippen molar-refractivity contribution in [2.24, 2.45) is 5.73 Å². The number of halogens is 2. The third-order valence-electron chi connectivity index (χ3n) is 2.41. The molecule has 0 aliphatic carbocycles. The Morgan fingerprint density at radius 2 is 2.25 bits per heavy atom. The minimum atomic E-state index is -0.541. The summed E-state index contributed by atoms with van der Waals surface area (Å²) in [4.78, 5) is 23.9. The summed E-state index contributed by atoms with van der Waals surface area (Å²) in [5.41, 5.74) is 6.49. The molecule has 6 heteroatoms. The van der Waals surface area contributed by atoms with Crippen LogP contribution >= 0.6 is 27.5 Å². The highest BCUT2D eigenvalue weighted by Gasteiger charge is 2.30. The van der Waals surface area contributed by atoms with E-state index in [0.29, 0.717) is 10.7 Å². The summed E-state index contributed by atoms with van der Waals surface area (Å²) in [5.74, 6) is -0.700. The number of primary amides is 1. The number of nitrogens with zero attached hydrogens (tertiary/aromatic N) is 1. The fourth-order valence-corrected chi connectivity index (χ4v) is 2.31. The normalized spacial score (nSPS) is 14.1. The lowest BCUT2D eigenvalue weighted by atomic mass is 10.2. The predicted molar refractivity (Wildman–Crippen MR) is 64.4 cm³/mol. The summed E-state index contributed by atoms with van der Waals surface area (Å²) in [6.07, 6.45) is 0.209. The molecule has 0 fully saturated rings. The van der Waals surface area contributed by atoms with Crippen LogP contribution < -0.4 is 10.6 Å². The molecule has 4 nitrogen and oxygen atoms in total. The van der Waals surface area contributed by atoms with Crippen LogP contribution in [0.25, 0.3) is 0 Å². The van der Waals surface area contributed by atoms with E-state index >= 15 is 0 Å². The summed E-state index contributed by atoms with van der Waals surface area (Å²) in [5, 5.41) is 0.512. The molecule has 0 radical (unpaired) electrons. The van der Waals surface area contributed by atoms with Gasteiger partial charge in [-0.2, -0.15) is 0 Å². The molecule has 1 aromatic rings. The lowest BCUT2D eigenvalue weighted by Crippen LogP contribution is -2.35. The molecule has 84 valence electrons. The molecule has 0 bridgehead atoms. The first-order valence-corrected chi connectivity index (χ1v) is 5.73. The van der Waals surface area contributed by atoms with E-state index in [0.717, 1.165) is 10.0 Å². The number of hydrogen-bond acceptors (Lipinski definition) is 2. The Balaban J connectivity index is 2.46. The van der Waals surface area contributed by atoms with E-state index in [4.69, 9.17) is 17.3 Å². The molecule has 0 unspecified atom stereocenters. The van der Waals surface area contributed by atoms with Crippen molar-refractivity contribution in [3.05, 3.63) is 27.2 Å². The van der Waals surface area contributed by atoms with Gasteiger partial charge in [0.15, 0.2) is 0 Å². The first kappa shape index (κ1) is 11.4. The molecule has 1 aliphatic rings. The lowest BCUT2D eigenvalue weighted by molar-refractivity contribution is -0.121. The first-order chi connectivity index (χ1) is 7.50. The molecule has 2 N–H and O–H groups in total. The predicted octanol–water partition coefficient (Wildman–Crippen LogP) is 1.48. The molecule has 0 aromatic heterocycles. The van der Waals surface area contributed by atoms with E-state index in [1.54, 1.807) is 12.1 Å². The molecule has 1 heterocycles. The Labute approximate surface area is 105 Å². The maximum atomic E-state index is 11.7. The molecule has 0 saturated heterocycles. The largest absolute Gasteiger partial charge is 0.368 e. The average Bonchev–Trinajstić information content (AvgIpc) is 2.51. The standard InChI is InChI=1S/C10H8BrClN2O2/c11-6-1-2-7-5(10(6)12)3-9(16)14(7)4-8(13)15/h1-2H,3-4H2,(H2,13,15). The van der Waals surface area contributed by atoms with Crippen LogP contribution in [-0.4, -0.2) is 18.4 Å². The van der Waals surface area contributed by atoms with Crippen LogP contribution in [0.15, 0.2) is 16.6 Å². The summed E-state index contributed by atoms with van der Waals surface area (Å²) in [6.45, 7) is -0.107. The number of carbonyl (C=O) groups excluding carboxylic acids is 2. The number of hydrogen-bond donors (Lipinski definition) is 1. The van der Waals surface area contributed by atoms with Crippen LogP contribution in [0.3, 0.4) is 0 Å². The zero-order valence-corrected chi connectivity index (χ0v) is 10.5. The van der Waals surface area contributed by atoms with Gasteiger partial charge in [-0.15, -0.1) is 0 Å². The Kier molecular flexibility index (Phi) is 2.90. The molecule has 0 spiro atoms. The number of carbonyl (C=O) groups is 2. The van der Waals surface area contributed by atoms with Crippen LogP contribution in [0.4, 0.5) is 5.69 Å². The number of amides is 2. The van der Waals surface area contributed by atoms with Gasteiger partial charge in [-0.1, -0.05) is 11.6 Å². The van der Waals surface area contributed by atoms with E-state index < -0.39 is 5.91 Å². The first-order valence-electron chi connectivity index (χ1n) is 4.56. The van der Waals surface area contributed by atoms with Crippen molar-refractivity contribution in [1.82, 2.24) is 0 Å². The summed E-state index contributed by atoms with van der Waals surface area (Å²) >= 11 is 9.35. The molecule has 16 heavy (non-hydrogen) atoms. The maximum absolute atomic E-state index is 11.7. The molecular formula is C10H8BrClN2O2. The van der Waals surface area contributed by atoms with E-state index in [9.17, 15) is 9.59 Å². The highest BCUT2D eigenvalue weighted by atomic mass is 79.9. The van der Waals surface area contributed by atoms with Crippen LogP contribution in [-0.2, 0) is 16.0 Å². The quantitative estimate of drug-likeness (QED) is 0.899. The van der Waals surface area contributed by atoms with Gasteiger partial charge in [-0.25, -0.2) is 0 Å². The van der Waals surface area contributed by atoms with Crippen molar-refractivity contribution < 1.29 is 9.59 Å². The second kappa shape index (κ2) is 4.07. The second-order valence-corrected chi connectivity index (χ2v) is 4.71. The molecule has 0 saturated carbocycles. The van der Waals surface area contributed by atoms with Crippen LogP contribution in [0.1, 0.15) is 5.56 Å². The van der Waals surface area contributed by atoms with E-state index in [-0.39, 0.29) is 18.9 Å². The number of rotatable bonds is 2. The van der Waals surface area contributed by atoms with E-state index in [1.807, 2.05) is 0 Å². The van der Waals surface area contributed by atoms with Crippen molar-refractivity contribution in [1.29, 1.82) is 0 Å². The van der Waals surface area contributed by atoms with Crippen LogP contribution in [0, 0.1) is 0 Å². The van der Waals surface area contributed by atoms with Gasteiger partial charge in [-0.3, -0.25) is 9.59 Å². The zero-order chi connectivity index (χ0) is 11.9. The molecule has 1 aliphatic heterocycles. The highest BCUT2D eigenvalue weighted by Crippen LogP contribution is 2.38. The number of benzene rings is 1. The lowest BCUT2D eigenvalue weighted by Gasteiger charge is -2.15. The minimum absolute atomic E-state index is 0.107. The number of nitrogens with two attached hydrogens (primary N) is 1. The Morgan fingerprint density at radius 3 is 2.88 bits per heavy atom. The maximum Gasteiger partial charge on any atom is 0.237 e. The van der Waals surface area contributed by atoms with Crippen LogP contribution in [0.2, 0.25) is 5.02 Å². The molecule has 1 aromatic carbocycles. The summed E-state index contributed by atoms with van der Waals surface area (Å²) < 4.78 is 0.738. The van der Waals surface area contributed by atoms with Gasteiger partial charge in [0.1, 0.15) is 6.54 Å². The molecule has 0 atom stereocenters. The number of fused-ring (bicyclic) bond motifs is 1. The molecule has 2 rings (SSSR count). The Morgan fingerprint density at radius 1 is 1.56 bits per heavy atom. The van der Waals surface area contributed by atoms with Gasteiger partial charge in [0.25, 0.3) is 0 Å². The van der Waals surface area contributed by atoms with Gasteiger partial charge >= 0.3 is 0 Å². The SMILES string of the molecule is NC(=O)CN1C(=O)Cc2c1ccc(Br)c2Cl. The van der Waals surface area contributed by atoms with Crippen LogP contribution in [0.5, 0.6) is 0 Å². The Hall–Kier alpha value is -1.07. The van der Waals surface area contributed by atoms with Gasteiger partial charge < -0.3 is 10.6 Å². The van der Waals surface area contributed by atoms with Crippen molar-refractivity contribution in [3.8, 4) is 0 Å². The second-order valence-electron chi connectivity index (χ2n) is 3.48. The van der Waals surface area contributed by atoms with E-state index in [2.05, 4.69) is 15.9 Å². The smallest absolute Gasteiger partial charge is 0.237 e. The van der Waals surface area contributed by atoms with Crippen molar-refractivity contribution in [2.75, 3.05) is 11.4 Å². The topological polar surface area (TPSA) is 63.4 Å². The van der Waals surface area contributed by atoms with Gasteiger partial charge in [0.2, 0.25) is 11.8 Å². The third kappa shape index (κ3) is 1.81. The average molecular weight is 304 g/mol. The fraction of sp³-hybridized carbons (Fsp3) is 0.200.